The quantitative estimate of drug-likeness (QED) is 0.763. The Kier molecular flexibility index (Phi) is 3.58. The summed E-state index contributed by atoms with van der Waals surface area (Å²) >= 11 is 0. The maximum atomic E-state index is 12.7. The molecule has 122 valence electrons. The molecule has 2 aromatic rings. The van der Waals surface area contributed by atoms with Crippen LogP contribution in [0.25, 0.3) is 11.0 Å². The van der Waals surface area contributed by atoms with Crippen molar-refractivity contribution in [1.82, 2.24) is 25.5 Å². The molecule has 1 aromatic heterocycles. The van der Waals surface area contributed by atoms with Crippen LogP contribution in [-0.4, -0.2) is 60.5 Å². The van der Waals surface area contributed by atoms with Crippen molar-refractivity contribution in [3.8, 4) is 0 Å². The van der Waals surface area contributed by atoms with Gasteiger partial charge in [0, 0.05) is 45.1 Å². The summed E-state index contributed by atoms with van der Waals surface area (Å²) in [6.45, 7) is 4.21. The van der Waals surface area contributed by atoms with Gasteiger partial charge in [-0.05, 0) is 19.2 Å². The third-order valence-electron chi connectivity index (χ3n) is 5.23. The Labute approximate surface area is 135 Å². The van der Waals surface area contributed by atoms with E-state index in [0.717, 1.165) is 49.5 Å². The molecule has 1 aromatic carbocycles. The van der Waals surface area contributed by atoms with Gasteiger partial charge in [-0.25, -0.2) is 4.98 Å². The van der Waals surface area contributed by atoms with Gasteiger partial charge in [-0.1, -0.05) is 12.1 Å². The van der Waals surface area contributed by atoms with Crippen molar-refractivity contribution < 1.29 is 4.79 Å². The molecule has 3 heterocycles. The van der Waals surface area contributed by atoms with Gasteiger partial charge in [0.05, 0.1) is 16.4 Å². The summed E-state index contributed by atoms with van der Waals surface area (Å²) in [4.78, 5) is 22.9. The minimum Gasteiger partial charge on any atom is -0.355 e. The molecule has 6 heteroatoms. The average Bonchev–Trinajstić information content (AvgIpc) is 3.18. The average molecular weight is 313 g/mol. The molecule has 2 fully saturated rings. The standard InChI is InChI=1S/C17H23N5O/c1-22-9-12-8-18-10-17(12,11-22)16(23)19-7-6-15-20-13-4-2-3-5-14(13)21-15/h2-5,12,18H,6-11H2,1H3,(H,19,23)(H,20,21)/t12-,17-/m1/s1. The molecule has 2 aliphatic heterocycles. The number of hydrogen-bond donors (Lipinski definition) is 3. The zero-order chi connectivity index (χ0) is 15.9. The summed E-state index contributed by atoms with van der Waals surface area (Å²) < 4.78 is 0. The summed E-state index contributed by atoms with van der Waals surface area (Å²) in [6.07, 6.45) is 0.727. The van der Waals surface area contributed by atoms with Gasteiger partial charge in [0.2, 0.25) is 5.91 Å². The smallest absolute Gasteiger partial charge is 0.229 e. The van der Waals surface area contributed by atoms with Gasteiger partial charge >= 0.3 is 0 Å². The molecular formula is C17H23N5O. The maximum absolute atomic E-state index is 12.7. The second kappa shape index (κ2) is 5.62. The van der Waals surface area contributed by atoms with Gasteiger partial charge in [0.25, 0.3) is 0 Å². The van der Waals surface area contributed by atoms with Crippen molar-refractivity contribution in [3.63, 3.8) is 0 Å². The Morgan fingerprint density at radius 1 is 1.48 bits per heavy atom. The van der Waals surface area contributed by atoms with Crippen LogP contribution in [0.4, 0.5) is 0 Å². The van der Waals surface area contributed by atoms with Crippen molar-refractivity contribution in [1.29, 1.82) is 0 Å². The van der Waals surface area contributed by atoms with Gasteiger partial charge in [0.1, 0.15) is 5.82 Å². The molecular weight excluding hydrogens is 290 g/mol. The van der Waals surface area contributed by atoms with Gasteiger partial charge in [-0.3, -0.25) is 4.79 Å². The van der Waals surface area contributed by atoms with Crippen LogP contribution in [0.2, 0.25) is 0 Å². The highest BCUT2D eigenvalue weighted by Crippen LogP contribution is 2.38. The lowest BCUT2D eigenvalue weighted by atomic mass is 9.80. The highest BCUT2D eigenvalue weighted by atomic mass is 16.2. The largest absolute Gasteiger partial charge is 0.355 e. The van der Waals surface area contributed by atoms with Crippen LogP contribution < -0.4 is 10.6 Å². The molecule has 0 saturated carbocycles. The number of rotatable bonds is 4. The number of amides is 1. The fourth-order valence-electron chi connectivity index (χ4n) is 4.09. The van der Waals surface area contributed by atoms with E-state index in [1.807, 2.05) is 24.3 Å². The van der Waals surface area contributed by atoms with Gasteiger partial charge < -0.3 is 20.5 Å². The van der Waals surface area contributed by atoms with E-state index in [0.29, 0.717) is 12.5 Å². The van der Waals surface area contributed by atoms with Crippen molar-refractivity contribution in [2.24, 2.45) is 11.3 Å². The predicted octanol–water partition coefficient (Wildman–Crippen LogP) is 0.373. The van der Waals surface area contributed by atoms with E-state index >= 15 is 0 Å². The van der Waals surface area contributed by atoms with E-state index in [1.54, 1.807) is 0 Å². The van der Waals surface area contributed by atoms with E-state index < -0.39 is 0 Å². The molecule has 0 spiro atoms. The van der Waals surface area contributed by atoms with Crippen LogP contribution in [0.3, 0.4) is 0 Å². The second-order valence-corrected chi connectivity index (χ2v) is 6.89. The number of carbonyl (C=O) groups is 1. The van der Waals surface area contributed by atoms with Gasteiger partial charge in [-0.15, -0.1) is 0 Å². The normalized spacial score (nSPS) is 27.4. The summed E-state index contributed by atoms with van der Waals surface area (Å²) in [5, 5.41) is 6.52. The zero-order valence-electron chi connectivity index (χ0n) is 13.4. The van der Waals surface area contributed by atoms with Crippen LogP contribution in [0.5, 0.6) is 0 Å². The third kappa shape index (κ3) is 2.52. The van der Waals surface area contributed by atoms with Crippen molar-refractivity contribution >= 4 is 16.9 Å². The van der Waals surface area contributed by atoms with Crippen molar-refractivity contribution in [3.05, 3.63) is 30.1 Å². The molecule has 1 amide bonds. The minimum atomic E-state index is -0.247. The molecule has 0 aliphatic carbocycles. The number of aromatic amines is 1. The van der Waals surface area contributed by atoms with E-state index in [1.165, 1.54) is 0 Å². The van der Waals surface area contributed by atoms with Gasteiger partial charge in [-0.2, -0.15) is 0 Å². The number of para-hydroxylation sites is 2. The molecule has 0 bridgehead atoms. The lowest BCUT2D eigenvalue weighted by molar-refractivity contribution is -0.130. The van der Waals surface area contributed by atoms with E-state index in [-0.39, 0.29) is 11.3 Å². The second-order valence-electron chi connectivity index (χ2n) is 6.89. The Hall–Kier alpha value is -1.92. The first-order chi connectivity index (χ1) is 11.2. The van der Waals surface area contributed by atoms with Crippen LogP contribution in [0.1, 0.15) is 5.82 Å². The number of imidazole rings is 1. The first kappa shape index (κ1) is 14.7. The van der Waals surface area contributed by atoms with Crippen LogP contribution in [0, 0.1) is 11.3 Å². The summed E-state index contributed by atoms with van der Waals surface area (Å²) in [5.74, 6) is 1.54. The minimum absolute atomic E-state index is 0.188. The fraction of sp³-hybridized carbons (Fsp3) is 0.529. The van der Waals surface area contributed by atoms with E-state index in [9.17, 15) is 4.79 Å². The van der Waals surface area contributed by atoms with Crippen LogP contribution in [-0.2, 0) is 11.2 Å². The Bertz CT molecular complexity index is 694. The number of H-pyrrole nitrogens is 1. The molecule has 2 atom stereocenters. The number of fused-ring (bicyclic) bond motifs is 2. The van der Waals surface area contributed by atoms with Crippen molar-refractivity contribution in [2.45, 2.75) is 6.42 Å². The number of hydrogen-bond acceptors (Lipinski definition) is 4. The zero-order valence-corrected chi connectivity index (χ0v) is 13.4. The Morgan fingerprint density at radius 3 is 3.22 bits per heavy atom. The number of nitrogens with zero attached hydrogens (tertiary/aromatic N) is 2. The van der Waals surface area contributed by atoms with E-state index in [4.69, 9.17) is 0 Å². The molecule has 23 heavy (non-hydrogen) atoms. The number of carbonyl (C=O) groups excluding carboxylic acids is 1. The molecule has 2 saturated heterocycles. The Balaban J connectivity index is 1.38. The molecule has 4 rings (SSSR count). The molecule has 2 aliphatic rings. The summed E-state index contributed by atoms with van der Waals surface area (Å²) in [6, 6.07) is 8.00. The fourth-order valence-corrected chi connectivity index (χ4v) is 4.09. The Morgan fingerprint density at radius 2 is 2.35 bits per heavy atom. The van der Waals surface area contributed by atoms with Crippen molar-refractivity contribution in [2.75, 3.05) is 39.8 Å². The summed E-state index contributed by atoms with van der Waals surface area (Å²) in [5.41, 5.74) is 1.78. The highest BCUT2D eigenvalue weighted by molar-refractivity contribution is 5.84. The first-order valence-corrected chi connectivity index (χ1v) is 8.28. The lowest BCUT2D eigenvalue weighted by Crippen LogP contribution is -2.47. The topological polar surface area (TPSA) is 73.1 Å². The molecule has 6 nitrogen and oxygen atoms in total. The van der Waals surface area contributed by atoms with Crippen LogP contribution in [0.15, 0.2) is 24.3 Å². The number of likely N-dealkylation sites (tertiary alicyclic amines) is 1. The third-order valence-corrected chi connectivity index (χ3v) is 5.23. The monoisotopic (exact) mass is 313 g/mol. The van der Waals surface area contributed by atoms with E-state index in [2.05, 4.69) is 32.5 Å². The van der Waals surface area contributed by atoms with Gasteiger partial charge in [0.15, 0.2) is 0 Å². The lowest BCUT2D eigenvalue weighted by Gasteiger charge is -2.26. The maximum Gasteiger partial charge on any atom is 0.229 e. The number of benzene rings is 1. The predicted molar refractivity (Wildman–Crippen MR) is 89.1 cm³/mol. The number of nitrogens with one attached hydrogen (secondary N) is 3. The highest BCUT2D eigenvalue weighted by Gasteiger charge is 2.53. The van der Waals surface area contributed by atoms with Crippen LogP contribution >= 0.6 is 0 Å². The molecule has 0 unspecified atom stereocenters. The molecule has 0 radical (unpaired) electrons. The SMILES string of the molecule is CN1C[C@H]2CNC[C@@]2(C(=O)NCCc2nc3ccccc3[nH]2)C1. The molecule has 3 N–H and O–H groups in total. The summed E-state index contributed by atoms with van der Waals surface area (Å²) in [7, 11) is 2.10. The number of aromatic nitrogens is 2. The first-order valence-electron chi connectivity index (χ1n) is 8.28.